The monoisotopic (exact) mass is 560 g/mol. The SMILES string of the molecule is CC/C(=C(\c1ccccc1)c1ccc(OCCN(C)C)cc1)c1ccccc1.O=C([O-])CC(O)(CC(=O)[O-])C(=O)[O-]. The molecule has 0 radical (unpaired) electrons. The van der Waals surface area contributed by atoms with Crippen molar-refractivity contribution in [1.82, 2.24) is 4.90 Å². The molecule has 0 aliphatic heterocycles. The molecule has 0 heterocycles. The summed E-state index contributed by atoms with van der Waals surface area (Å²) >= 11 is 0. The molecule has 0 spiro atoms. The summed E-state index contributed by atoms with van der Waals surface area (Å²) in [5, 5.41) is 38.9. The van der Waals surface area contributed by atoms with Gasteiger partial charge in [0.2, 0.25) is 0 Å². The van der Waals surface area contributed by atoms with E-state index in [1.165, 1.54) is 27.8 Å². The molecule has 0 amide bonds. The van der Waals surface area contributed by atoms with E-state index in [2.05, 4.69) is 111 Å². The Hall–Kier alpha value is -4.47. The van der Waals surface area contributed by atoms with E-state index in [1.54, 1.807) is 0 Å². The zero-order chi connectivity index (χ0) is 30.4. The Bertz CT molecular complexity index is 1290. The Morgan fingerprint density at radius 2 is 1.22 bits per heavy atom. The molecule has 0 bridgehead atoms. The van der Waals surface area contributed by atoms with Crippen molar-refractivity contribution >= 4 is 29.1 Å². The number of carbonyl (C=O) groups is 3. The lowest BCUT2D eigenvalue weighted by Crippen LogP contribution is -2.54. The van der Waals surface area contributed by atoms with Crippen LogP contribution in [0.4, 0.5) is 0 Å². The quantitative estimate of drug-likeness (QED) is 0.298. The molecule has 0 aliphatic rings. The van der Waals surface area contributed by atoms with Gasteiger partial charge in [-0.3, -0.25) is 0 Å². The van der Waals surface area contributed by atoms with E-state index in [0.29, 0.717) is 6.61 Å². The van der Waals surface area contributed by atoms with Crippen LogP contribution in [0.2, 0.25) is 0 Å². The summed E-state index contributed by atoms with van der Waals surface area (Å²) in [5.74, 6) is -5.07. The van der Waals surface area contributed by atoms with Crippen LogP contribution in [-0.2, 0) is 14.4 Å². The number of aliphatic carboxylic acids is 3. The van der Waals surface area contributed by atoms with Crippen LogP contribution in [0.5, 0.6) is 5.75 Å². The standard InChI is InChI=1S/C26H29NO.C6H8O7/c1-4-25(21-11-7-5-8-12-21)26(22-13-9-6-10-14-22)23-15-17-24(18-16-23)28-20-19-27(2)3;7-3(8)1-6(13,5(11)12)2-4(9)10/h5-18H,4,19-20H2,1-3H3;13H,1-2H2,(H,7,8)(H,9,10)(H,11,12)/p-3/b26-25-;. The van der Waals surface area contributed by atoms with Crippen molar-refractivity contribution in [2.45, 2.75) is 31.8 Å². The van der Waals surface area contributed by atoms with E-state index in [0.717, 1.165) is 18.7 Å². The topological polar surface area (TPSA) is 153 Å². The molecule has 0 fully saturated rings. The van der Waals surface area contributed by atoms with Crippen LogP contribution in [0, 0.1) is 0 Å². The number of carboxylic acids is 3. The van der Waals surface area contributed by atoms with Crippen LogP contribution in [0.15, 0.2) is 84.9 Å². The molecule has 3 aromatic carbocycles. The van der Waals surface area contributed by atoms with Gasteiger partial charge in [0.05, 0.1) is 5.97 Å². The summed E-state index contributed by atoms with van der Waals surface area (Å²) in [4.78, 5) is 32.1. The van der Waals surface area contributed by atoms with E-state index in [-0.39, 0.29) is 0 Å². The first kappa shape index (κ1) is 32.7. The molecule has 41 heavy (non-hydrogen) atoms. The third kappa shape index (κ3) is 10.6. The van der Waals surface area contributed by atoms with Crippen molar-refractivity contribution in [1.29, 1.82) is 0 Å². The van der Waals surface area contributed by atoms with E-state index in [4.69, 9.17) is 9.84 Å². The molecule has 3 rings (SSSR count). The molecule has 9 nitrogen and oxygen atoms in total. The normalized spacial score (nSPS) is 11.6. The molecule has 0 aromatic heterocycles. The van der Waals surface area contributed by atoms with E-state index in [9.17, 15) is 29.7 Å². The fraction of sp³-hybridized carbons (Fsp3) is 0.281. The van der Waals surface area contributed by atoms with Crippen LogP contribution in [0.25, 0.3) is 11.1 Å². The number of hydrogen-bond acceptors (Lipinski definition) is 9. The van der Waals surface area contributed by atoms with Crippen molar-refractivity contribution < 1.29 is 39.5 Å². The van der Waals surface area contributed by atoms with Gasteiger partial charge in [-0.25, -0.2) is 0 Å². The van der Waals surface area contributed by atoms with Gasteiger partial charge in [0.25, 0.3) is 0 Å². The summed E-state index contributed by atoms with van der Waals surface area (Å²) in [7, 11) is 4.11. The molecule has 0 atom stereocenters. The highest BCUT2D eigenvalue weighted by Crippen LogP contribution is 2.34. The van der Waals surface area contributed by atoms with Gasteiger partial charge >= 0.3 is 0 Å². The summed E-state index contributed by atoms with van der Waals surface area (Å²) < 4.78 is 5.87. The van der Waals surface area contributed by atoms with E-state index < -0.39 is 36.4 Å². The number of carboxylic acid groups (broad SMARTS) is 3. The fourth-order valence-electron chi connectivity index (χ4n) is 4.03. The smallest absolute Gasteiger partial charge is 0.119 e. The summed E-state index contributed by atoms with van der Waals surface area (Å²) in [6.45, 7) is 3.83. The number of aliphatic hydroxyl groups is 1. The first-order valence-electron chi connectivity index (χ1n) is 13.0. The van der Waals surface area contributed by atoms with Crippen LogP contribution in [-0.4, -0.2) is 60.8 Å². The number of hydrogen-bond donors (Lipinski definition) is 1. The second-order valence-electron chi connectivity index (χ2n) is 9.53. The summed E-state index contributed by atoms with van der Waals surface area (Å²) in [6.07, 6.45) is -1.75. The first-order valence-corrected chi connectivity index (χ1v) is 13.0. The second-order valence-corrected chi connectivity index (χ2v) is 9.53. The highest BCUT2D eigenvalue weighted by molar-refractivity contribution is 5.98. The predicted octanol–water partition coefficient (Wildman–Crippen LogP) is 0.744. The van der Waals surface area contributed by atoms with Crippen LogP contribution < -0.4 is 20.1 Å². The predicted molar refractivity (Wildman–Crippen MR) is 149 cm³/mol. The maximum absolute atomic E-state index is 10.1. The molecule has 218 valence electrons. The number of ether oxygens (including phenoxy) is 1. The minimum atomic E-state index is -2.97. The molecule has 0 aliphatic carbocycles. The number of carbonyl (C=O) groups excluding carboxylic acids is 3. The average Bonchev–Trinajstić information content (AvgIpc) is 2.92. The van der Waals surface area contributed by atoms with Gasteiger partial charge in [0.15, 0.2) is 0 Å². The lowest BCUT2D eigenvalue weighted by atomic mass is 9.88. The Kier molecular flexibility index (Phi) is 12.7. The molecule has 0 unspecified atom stereocenters. The molecule has 3 aromatic rings. The number of rotatable bonds is 13. The maximum Gasteiger partial charge on any atom is 0.119 e. The van der Waals surface area contributed by atoms with Crippen molar-refractivity contribution in [2.24, 2.45) is 0 Å². The Morgan fingerprint density at radius 1 is 0.756 bits per heavy atom. The summed E-state index contributed by atoms with van der Waals surface area (Å²) in [5.41, 5.74) is 3.39. The van der Waals surface area contributed by atoms with Crippen molar-refractivity contribution in [3.8, 4) is 5.75 Å². The Morgan fingerprint density at radius 3 is 1.63 bits per heavy atom. The maximum atomic E-state index is 10.1. The van der Waals surface area contributed by atoms with E-state index >= 15 is 0 Å². The van der Waals surface area contributed by atoms with Gasteiger partial charge < -0.3 is 44.4 Å². The minimum absolute atomic E-state index is 0.692. The van der Waals surface area contributed by atoms with Crippen molar-refractivity contribution in [3.63, 3.8) is 0 Å². The molecule has 0 saturated carbocycles. The second kappa shape index (κ2) is 16.0. The number of benzene rings is 3. The highest BCUT2D eigenvalue weighted by atomic mass is 16.5. The van der Waals surface area contributed by atoms with Gasteiger partial charge in [-0.05, 0) is 60.5 Å². The molecule has 0 saturated heterocycles. The first-order chi connectivity index (χ1) is 19.5. The molecular weight excluding hydrogens is 526 g/mol. The van der Waals surface area contributed by atoms with Gasteiger partial charge in [0.1, 0.15) is 18.0 Å². The fourth-order valence-corrected chi connectivity index (χ4v) is 4.03. The minimum Gasteiger partial charge on any atom is -0.550 e. The lowest BCUT2D eigenvalue weighted by Gasteiger charge is -2.29. The largest absolute Gasteiger partial charge is 0.550 e. The number of likely N-dealkylation sites (N-methyl/N-ethyl adjacent to an activating group) is 1. The third-order valence-electron chi connectivity index (χ3n) is 6.04. The van der Waals surface area contributed by atoms with Gasteiger partial charge in [-0.1, -0.05) is 79.7 Å². The van der Waals surface area contributed by atoms with E-state index in [1.807, 2.05) is 0 Å². The summed E-state index contributed by atoms with van der Waals surface area (Å²) in [6, 6.07) is 29.8. The van der Waals surface area contributed by atoms with Crippen LogP contribution >= 0.6 is 0 Å². The van der Waals surface area contributed by atoms with Crippen molar-refractivity contribution in [2.75, 3.05) is 27.2 Å². The van der Waals surface area contributed by atoms with Crippen LogP contribution in [0.1, 0.15) is 42.9 Å². The third-order valence-corrected chi connectivity index (χ3v) is 6.04. The molecule has 9 heteroatoms. The van der Waals surface area contributed by atoms with Gasteiger partial charge in [-0.2, -0.15) is 0 Å². The number of nitrogens with zero attached hydrogens (tertiary/aromatic N) is 1. The Balaban J connectivity index is 0.000000383. The zero-order valence-corrected chi connectivity index (χ0v) is 23.4. The zero-order valence-electron chi connectivity index (χ0n) is 23.4. The number of allylic oxidation sites excluding steroid dienone is 1. The van der Waals surface area contributed by atoms with Gasteiger partial charge in [-0.15, -0.1) is 0 Å². The molecule has 1 N–H and O–H groups in total. The highest BCUT2D eigenvalue weighted by Gasteiger charge is 2.29. The van der Waals surface area contributed by atoms with Gasteiger partial charge in [0, 0.05) is 31.3 Å². The average molecular weight is 561 g/mol. The molecular formula is C32H34NO8-3. The Labute approximate surface area is 240 Å². The lowest BCUT2D eigenvalue weighted by molar-refractivity contribution is -0.339. The van der Waals surface area contributed by atoms with Crippen LogP contribution in [0.3, 0.4) is 0 Å². The van der Waals surface area contributed by atoms with Crippen molar-refractivity contribution in [3.05, 3.63) is 102 Å².